The SMILES string of the molecule is CCN(C(=O)c1oc2ccccc2c1COc1ccccc1)C1CCCC1. The van der Waals surface area contributed by atoms with Crippen LogP contribution in [-0.4, -0.2) is 23.4 Å². The average molecular weight is 363 g/mol. The van der Waals surface area contributed by atoms with Crippen LogP contribution >= 0.6 is 0 Å². The second-order valence-electron chi connectivity index (χ2n) is 7.04. The molecule has 1 aliphatic rings. The number of fused-ring (bicyclic) bond motifs is 1. The van der Waals surface area contributed by atoms with Crippen LogP contribution < -0.4 is 4.74 Å². The molecule has 1 amide bonds. The first kappa shape index (κ1) is 17.7. The van der Waals surface area contributed by atoms with Crippen molar-refractivity contribution in [2.75, 3.05) is 6.54 Å². The molecule has 3 aromatic rings. The molecule has 1 fully saturated rings. The first-order valence-electron chi connectivity index (χ1n) is 9.77. The van der Waals surface area contributed by atoms with Crippen LogP contribution in [0.25, 0.3) is 11.0 Å². The lowest BCUT2D eigenvalue weighted by atomic mass is 10.1. The summed E-state index contributed by atoms with van der Waals surface area (Å²) >= 11 is 0. The maximum Gasteiger partial charge on any atom is 0.290 e. The number of carbonyl (C=O) groups excluding carboxylic acids is 1. The minimum atomic E-state index is -0.0211. The maximum absolute atomic E-state index is 13.3. The van der Waals surface area contributed by atoms with Gasteiger partial charge in [0.25, 0.3) is 5.91 Å². The van der Waals surface area contributed by atoms with Crippen LogP contribution in [0.15, 0.2) is 59.0 Å². The Hall–Kier alpha value is -2.75. The van der Waals surface area contributed by atoms with Crippen molar-refractivity contribution in [3.63, 3.8) is 0 Å². The standard InChI is InChI=1S/C23H25NO3/c1-2-24(17-10-6-7-11-17)23(25)22-20(16-26-18-12-4-3-5-13-18)19-14-8-9-15-21(19)27-22/h3-5,8-9,12-15,17H,2,6-7,10-11,16H2,1H3. The van der Waals surface area contributed by atoms with Crippen molar-refractivity contribution in [1.29, 1.82) is 0 Å². The minimum Gasteiger partial charge on any atom is -0.489 e. The third-order valence-corrected chi connectivity index (χ3v) is 5.39. The number of carbonyl (C=O) groups is 1. The highest BCUT2D eigenvalue weighted by Gasteiger charge is 2.30. The van der Waals surface area contributed by atoms with E-state index in [2.05, 4.69) is 0 Å². The van der Waals surface area contributed by atoms with Crippen LogP contribution in [-0.2, 0) is 6.61 Å². The van der Waals surface area contributed by atoms with E-state index < -0.39 is 0 Å². The highest BCUT2D eigenvalue weighted by molar-refractivity contribution is 5.99. The van der Waals surface area contributed by atoms with Gasteiger partial charge in [0, 0.05) is 23.5 Å². The smallest absolute Gasteiger partial charge is 0.290 e. The topological polar surface area (TPSA) is 42.7 Å². The average Bonchev–Trinajstić information content (AvgIpc) is 3.36. The molecule has 4 rings (SSSR count). The molecule has 1 heterocycles. The Balaban J connectivity index is 1.67. The van der Waals surface area contributed by atoms with Crippen molar-refractivity contribution < 1.29 is 13.9 Å². The first-order valence-corrected chi connectivity index (χ1v) is 9.77. The number of rotatable bonds is 6. The molecule has 140 valence electrons. The number of nitrogens with zero attached hydrogens (tertiary/aromatic N) is 1. The predicted molar refractivity (Wildman–Crippen MR) is 106 cm³/mol. The number of benzene rings is 2. The second-order valence-corrected chi connectivity index (χ2v) is 7.04. The Bertz CT molecular complexity index is 910. The van der Waals surface area contributed by atoms with Gasteiger partial charge < -0.3 is 14.1 Å². The molecule has 0 unspecified atom stereocenters. The Morgan fingerprint density at radius 3 is 2.52 bits per heavy atom. The number of hydrogen-bond acceptors (Lipinski definition) is 3. The number of amides is 1. The molecule has 1 saturated carbocycles. The first-order chi connectivity index (χ1) is 13.3. The summed E-state index contributed by atoms with van der Waals surface area (Å²) < 4.78 is 12.0. The summed E-state index contributed by atoms with van der Waals surface area (Å²) in [5, 5.41) is 0.944. The van der Waals surface area contributed by atoms with Gasteiger partial charge in [-0.3, -0.25) is 4.79 Å². The van der Waals surface area contributed by atoms with Gasteiger partial charge in [0.05, 0.1) is 0 Å². The molecular formula is C23H25NO3. The van der Waals surface area contributed by atoms with Crippen LogP contribution in [0.1, 0.15) is 48.7 Å². The van der Waals surface area contributed by atoms with E-state index in [1.54, 1.807) is 0 Å². The Kier molecular flexibility index (Phi) is 5.14. The molecule has 0 atom stereocenters. The third kappa shape index (κ3) is 3.57. The van der Waals surface area contributed by atoms with Gasteiger partial charge in [-0.05, 0) is 38.0 Å². The summed E-state index contributed by atoms with van der Waals surface area (Å²) in [6, 6.07) is 17.8. The lowest BCUT2D eigenvalue weighted by molar-refractivity contribution is 0.0659. The van der Waals surface area contributed by atoms with Crippen molar-refractivity contribution >= 4 is 16.9 Å². The molecule has 0 saturated heterocycles. The molecule has 27 heavy (non-hydrogen) atoms. The fourth-order valence-electron chi connectivity index (χ4n) is 4.00. The fraction of sp³-hybridized carbons (Fsp3) is 0.348. The lowest BCUT2D eigenvalue weighted by Gasteiger charge is -2.27. The summed E-state index contributed by atoms with van der Waals surface area (Å²) in [6.07, 6.45) is 4.54. The Morgan fingerprint density at radius 2 is 1.78 bits per heavy atom. The normalized spacial score (nSPS) is 14.6. The molecule has 0 bridgehead atoms. The van der Waals surface area contributed by atoms with Crippen molar-refractivity contribution in [1.82, 2.24) is 4.90 Å². The minimum absolute atomic E-state index is 0.0211. The van der Waals surface area contributed by atoms with Gasteiger partial charge in [-0.2, -0.15) is 0 Å². The van der Waals surface area contributed by atoms with E-state index in [1.165, 1.54) is 12.8 Å². The Morgan fingerprint density at radius 1 is 1.07 bits per heavy atom. The quantitative estimate of drug-likeness (QED) is 0.587. The molecule has 0 spiro atoms. The van der Waals surface area contributed by atoms with Crippen molar-refractivity contribution in [3.05, 3.63) is 65.9 Å². The van der Waals surface area contributed by atoms with Crippen molar-refractivity contribution in [3.8, 4) is 5.75 Å². The second kappa shape index (κ2) is 7.87. The molecule has 1 aliphatic carbocycles. The van der Waals surface area contributed by atoms with Gasteiger partial charge in [0.1, 0.15) is 17.9 Å². The molecule has 0 aliphatic heterocycles. The van der Waals surface area contributed by atoms with Crippen molar-refractivity contribution in [2.24, 2.45) is 0 Å². The van der Waals surface area contributed by atoms with E-state index >= 15 is 0 Å². The summed E-state index contributed by atoms with van der Waals surface area (Å²) in [4.78, 5) is 15.3. The van der Waals surface area contributed by atoms with Gasteiger partial charge in [0.15, 0.2) is 5.76 Å². The molecule has 2 aromatic carbocycles. The van der Waals surface area contributed by atoms with E-state index in [1.807, 2.05) is 66.4 Å². The predicted octanol–water partition coefficient (Wildman–Crippen LogP) is 5.42. The van der Waals surface area contributed by atoms with Crippen LogP contribution in [0.4, 0.5) is 0 Å². The fourth-order valence-corrected chi connectivity index (χ4v) is 4.00. The van der Waals surface area contributed by atoms with Gasteiger partial charge in [-0.25, -0.2) is 0 Å². The summed E-state index contributed by atoms with van der Waals surface area (Å²) in [7, 11) is 0. The monoisotopic (exact) mass is 363 g/mol. The number of ether oxygens (including phenoxy) is 1. The number of para-hydroxylation sites is 2. The molecular weight excluding hydrogens is 338 g/mol. The van der Waals surface area contributed by atoms with Gasteiger partial charge in [-0.1, -0.05) is 49.2 Å². The van der Waals surface area contributed by atoms with E-state index in [4.69, 9.17) is 9.15 Å². The lowest BCUT2D eigenvalue weighted by Crippen LogP contribution is -2.38. The van der Waals surface area contributed by atoms with Crippen LogP contribution in [0.2, 0.25) is 0 Å². The molecule has 1 aromatic heterocycles. The Labute approximate surface area is 159 Å². The number of hydrogen-bond donors (Lipinski definition) is 0. The largest absolute Gasteiger partial charge is 0.489 e. The van der Waals surface area contributed by atoms with Gasteiger partial charge in [0.2, 0.25) is 0 Å². The van der Waals surface area contributed by atoms with Crippen LogP contribution in [0.3, 0.4) is 0 Å². The van der Waals surface area contributed by atoms with Crippen LogP contribution in [0.5, 0.6) is 5.75 Å². The summed E-state index contributed by atoms with van der Waals surface area (Å²) in [5.41, 5.74) is 1.56. The van der Waals surface area contributed by atoms with E-state index in [-0.39, 0.29) is 5.91 Å². The zero-order chi connectivity index (χ0) is 18.6. The summed E-state index contributed by atoms with van der Waals surface area (Å²) in [5.74, 6) is 1.18. The molecule has 0 radical (unpaired) electrons. The highest BCUT2D eigenvalue weighted by atomic mass is 16.5. The zero-order valence-corrected chi connectivity index (χ0v) is 15.7. The molecule has 4 nitrogen and oxygen atoms in total. The van der Waals surface area contributed by atoms with Gasteiger partial charge in [-0.15, -0.1) is 0 Å². The molecule has 0 N–H and O–H groups in total. The van der Waals surface area contributed by atoms with E-state index in [9.17, 15) is 4.79 Å². The zero-order valence-electron chi connectivity index (χ0n) is 15.7. The molecule has 4 heteroatoms. The van der Waals surface area contributed by atoms with Gasteiger partial charge >= 0.3 is 0 Å². The highest BCUT2D eigenvalue weighted by Crippen LogP contribution is 2.31. The van der Waals surface area contributed by atoms with Crippen molar-refractivity contribution in [2.45, 2.75) is 45.3 Å². The van der Waals surface area contributed by atoms with Crippen LogP contribution in [0, 0.1) is 0 Å². The number of furan rings is 1. The third-order valence-electron chi connectivity index (χ3n) is 5.39. The van der Waals surface area contributed by atoms with E-state index in [0.717, 1.165) is 35.1 Å². The van der Waals surface area contributed by atoms with E-state index in [0.29, 0.717) is 25.0 Å². The summed E-state index contributed by atoms with van der Waals surface area (Å²) in [6.45, 7) is 3.04. The maximum atomic E-state index is 13.3.